The molecular weight excluding hydrogens is 494 g/mol. The average molecular weight is 514 g/mol. The fourth-order valence-corrected chi connectivity index (χ4v) is 5.00. The van der Waals surface area contributed by atoms with Crippen molar-refractivity contribution in [3.05, 3.63) is 98.7 Å². The first-order valence-electron chi connectivity index (χ1n) is 10.4. The van der Waals surface area contributed by atoms with Crippen LogP contribution in [0, 0.1) is 0 Å². The number of aryl methyl sites for hydroxylation is 1. The molecule has 11 heteroatoms. The Kier molecular flexibility index (Phi) is 6.62. The van der Waals surface area contributed by atoms with Crippen LogP contribution in [0.4, 0.5) is 0 Å². The van der Waals surface area contributed by atoms with Crippen molar-refractivity contribution in [3.63, 3.8) is 0 Å². The molecule has 0 aliphatic carbocycles. The molecule has 2 N–H and O–H groups in total. The summed E-state index contributed by atoms with van der Waals surface area (Å²) in [4.78, 5) is 37.3. The summed E-state index contributed by atoms with van der Waals surface area (Å²) in [6.07, 6.45) is 0. The SMILES string of the molecule is Cn1c(=O)n(CC(NS(=O)(=O)c2ccc(-c3ccc(Cl)cc3)cc2)C(=O)O)c(=O)c2ccccc21. The molecule has 180 valence electrons. The highest BCUT2D eigenvalue weighted by molar-refractivity contribution is 7.89. The van der Waals surface area contributed by atoms with Crippen molar-refractivity contribution in [1.29, 1.82) is 0 Å². The van der Waals surface area contributed by atoms with Crippen LogP contribution in [0.2, 0.25) is 5.02 Å². The number of hydrogen-bond donors (Lipinski definition) is 2. The van der Waals surface area contributed by atoms with Gasteiger partial charge in [0.2, 0.25) is 10.0 Å². The summed E-state index contributed by atoms with van der Waals surface area (Å²) in [5.74, 6) is -1.53. The van der Waals surface area contributed by atoms with E-state index in [1.54, 1.807) is 54.6 Å². The summed E-state index contributed by atoms with van der Waals surface area (Å²) >= 11 is 5.90. The minimum absolute atomic E-state index is 0.166. The second-order valence-corrected chi connectivity index (χ2v) is 9.97. The lowest BCUT2D eigenvalue weighted by atomic mass is 10.1. The molecule has 0 saturated carbocycles. The van der Waals surface area contributed by atoms with E-state index in [-0.39, 0.29) is 10.3 Å². The van der Waals surface area contributed by atoms with Gasteiger partial charge in [-0.15, -0.1) is 0 Å². The van der Waals surface area contributed by atoms with E-state index in [9.17, 15) is 27.9 Å². The topological polar surface area (TPSA) is 127 Å². The van der Waals surface area contributed by atoms with Gasteiger partial charge in [-0.3, -0.25) is 18.7 Å². The van der Waals surface area contributed by atoms with E-state index >= 15 is 0 Å². The highest BCUT2D eigenvalue weighted by Crippen LogP contribution is 2.23. The van der Waals surface area contributed by atoms with E-state index in [4.69, 9.17) is 11.6 Å². The fraction of sp³-hybridized carbons (Fsp3) is 0.125. The summed E-state index contributed by atoms with van der Waals surface area (Å²) in [7, 11) is -2.84. The quantitative estimate of drug-likeness (QED) is 0.391. The van der Waals surface area contributed by atoms with Crippen LogP contribution in [-0.2, 0) is 28.4 Å². The Hall–Kier alpha value is -3.73. The van der Waals surface area contributed by atoms with Crippen LogP contribution < -0.4 is 16.0 Å². The molecule has 0 aliphatic heterocycles. The molecule has 0 spiro atoms. The first kappa shape index (κ1) is 24.4. The maximum absolute atomic E-state index is 12.9. The molecule has 35 heavy (non-hydrogen) atoms. The van der Waals surface area contributed by atoms with E-state index in [0.29, 0.717) is 15.1 Å². The van der Waals surface area contributed by atoms with Crippen molar-refractivity contribution in [3.8, 4) is 11.1 Å². The smallest absolute Gasteiger partial charge is 0.331 e. The summed E-state index contributed by atoms with van der Waals surface area (Å²) in [6.45, 7) is -0.687. The van der Waals surface area contributed by atoms with Crippen LogP contribution in [0.15, 0.2) is 87.3 Å². The molecule has 1 atom stereocenters. The van der Waals surface area contributed by atoms with Crippen LogP contribution >= 0.6 is 11.6 Å². The molecule has 1 unspecified atom stereocenters. The number of benzene rings is 3. The van der Waals surface area contributed by atoms with Crippen molar-refractivity contribution < 1.29 is 18.3 Å². The lowest BCUT2D eigenvalue weighted by Gasteiger charge is -2.17. The maximum Gasteiger partial charge on any atom is 0.331 e. The Morgan fingerprint density at radius 3 is 2.14 bits per heavy atom. The number of rotatable bonds is 7. The molecule has 0 bridgehead atoms. The number of fused-ring (bicyclic) bond motifs is 1. The Morgan fingerprint density at radius 1 is 0.971 bits per heavy atom. The van der Waals surface area contributed by atoms with Crippen molar-refractivity contribution in [2.75, 3.05) is 0 Å². The van der Waals surface area contributed by atoms with Gasteiger partial charge in [0.05, 0.1) is 22.3 Å². The lowest BCUT2D eigenvalue weighted by molar-refractivity contribution is -0.139. The van der Waals surface area contributed by atoms with Crippen molar-refractivity contribution in [2.45, 2.75) is 17.5 Å². The van der Waals surface area contributed by atoms with Crippen molar-refractivity contribution >= 4 is 38.5 Å². The number of aliphatic carboxylic acids is 1. The number of carboxylic acids is 1. The Labute approximate surface area is 204 Å². The molecule has 0 aliphatic rings. The molecule has 0 amide bonds. The van der Waals surface area contributed by atoms with E-state index in [1.807, 2.05) is 0 Å². The number of nitrogens with zero attached hydrogens (tertiary/aromatic N) is 2. The van der Waals surface area contributed by atoms with Gasteiger partial charge in [-0.05, 0) is 47.5 Å². The molecule has 0 saturated heterocycles. The minimum Gasteiger partial charge on any atom is -0.480 e. The monoisotopic (exact) mass is 513 g/mol. The van der Waals surface area contributed by atoms with Crippen molar-refractivity contribution in [2.24, 2.45) is 7.05 Å². The first-order valence-corrected chi connectivity index (χ1v) is 12.2. The second-order valence-electron chi connectivity index (χ2n) is 7.82. The minimum atomic E-state index is -4.28. The second kappa shape index (κ2) is 9.49. The van der Waals surface area contributed by atoms with Crippen LogP contribution in [0.5, 0.6) is 0 Å². The molecule has 1 aromatic heterocycles. The van der Waals surface area contributed by atoms with E-state index in [0.717, 1.165) is 11.1 Å². The van der Waals surface area contributed by atoms with E-state index < -0.39 is 39.8 Å². The zero-order valence-corrected chi connectivity index (χ0v) is 20.0. The van der Waals surface area contributed by atoms with Gasteiger partial charge >= 0.3 is 11.7 Å². The van der Waals surface area contributed by atoms with Crippen LogP contribution in [0.1, 0.15) is 0 Å². The number of carboxylic acid groups (broad SMARTS) is 1. The third kappa shape index (κ3) is 4.90. The molecule has 4 aromatic rings. The molecule has 9 nitrogen and oxygen atoms in total. The fourth-order valence-electron chi connectivity index (χ4n) is 3.70. The lowest BCUT2D eigenvalue weighted by Crippen LogP contribution is -2.49. The largest absolute Gasteiger partial charge is 0.480 e. The standard InChI is InChI=1S/C24H20ClN3O6S/c1-27-21-5-3-2-4-19(21)22(29)28(24(27)32)14-20(23(30)31)26-35(33,34)18-12-8-16(9-13-18)15-6-10-17(25)11-7-15/h2-13,20,26H,14H2,1H3,(H,30,31). The van der Waals surface area contributed by atoms with E-state index in [2.05, 4.69) is 4.72 Å². The summed E-state index contributed by atoms with van der Waals surface area (Å²) in [6, 6.07) is 17.4. The number of hydrogen-bond acceptors (Lipinski definition) is 5. The van der Waals surface area contributed by atoms with Crippen LogP contribution in [0.25, 0.3) is 22.0 Å². The molecule has 4 rings (SSSR count). The van der Waals surface area contributed by atoms with Crippen LogP contribution in [-0.4, -0.2) is 34.7 Å². The Balaban J connectivity index is 1.64. The molecule has 0 radical (unpaired) electrons. The maximum atomic E-state index is 12.9. The molecule has 0 fully saturated rings. The number of nitrogens with one attached hydrogen (secondary N) is 1. The van der Waals surface area contributed by atoms with Gasteiger partial charge < -0.3 is 5.11 Å². The molecule has 1 heterocycles. The number of halogens is 1. The summed E-state index contributed by atoms with van der Waals surface area (Å²) in [5.41, 5.74) is 0.475. The number of carbonyl (C=O) groups is 1. The first-order chi connectivity index (χ1) is 16.6. The highest BCUT2D eigenvalue weighted by Gasteiger charge is 2.27. The van der Waals surface area contributed by atoms with Gasteiger partial charge in [0, 0.05) is 12.1 Å². The van der Waals surface area contributed by atoms with Gasteiger partial charge in [-0.25, -0.2) is 13.2 Å². The number of para-hydroxylation sites is 1. The van der Waals surface area contributed by atoms with Gasteiger partial charge in [-0.2, -0.15) is 4.72 Å². The highest BCUT2D eigenvalue weighted by atomic mass is 35.5. The molecule has 3 aromatic carbocycles. The normalized spacial score (nSPS) is 12.5. The summed E-state index contributed by atoms with van der Waals surface area (Å²) < 4.78 is 29.8. The number of aromatic nitrogens is 2. The van der Waals surface area contributed by atoms with E-state index in [1.165, 1.54) is 29.8 Å². The molecular formula is C24H20ClN3O6S. The predicted octanol–water partition coefficient (Wildman–Crippen LogP) is 2.45. The van der Waals surface area contributed by atoms with Gasteiger partial charge in [-0.1, -0.05) is 48.0 Å². The van der Waals surface area contributed by atoms with Crippen LogP contribution in [0.3, 0.4) is 0 Å². The average Bonchev–Trinajstić information content (AvgIpc) is 2.85. The third-order valence-electron chi connectivity index (χ3n) is 5.56. The van der Waals surface area contributed by atoms with Gasteiger partial charge in [0.15, 0.2) is 0 Å². The van der Waals surface area contributed by atoms with Gasteiger partial charge in [0.1, 0.15) is 6.04 Å². The number of sulfonamides is 1. The zero-order chi connectivity index (χ0) is 25.3. The Bertz CT molecular complexity index is 1640. The Morgan fingerprint density at radius 2 is 1.54 bits per heavy atom. The van der Waals surface area contributed by atoms with Crippen molar-refractivity contribution in [1.82, 2.24) is 13.9 Å². The predicted molar refractivity (Wildman–Crippen MR) is 132 cm³/mol. The summed E-state index contributed by atoms with van der Waals surface area (Å²) in [5, 5.41) is 10.4. The van der Waals surface area contributed by atoms with Gasteiger partial charge in [0.25, 0.3) is 5.56 Å². The third-order valence-corrected chi connectivity index (χ3v) is 7.30. The zero-order valence-electron chi connectivity index (χ0n) is 18.4.